The molecule has 1 rings (SSSR count). The Labute approximate surface area is 152 Å². The van der Waals surface area contributed by atoms with Crippen LogP contribution >= 0.6 is 0 Å². The zero-order valence-electron chi connectivity index (χ0n) is 15.7. The number of benzene rings is 1. The van der Waals surface area contributed by atoms with Gasteiger partial charge >= 0.3 is 11.9 Å². The molecule has 0 aliphatic heterocycles. The van der Waals surface area contributed by atoms with Gasteiger partial charge in [-0.2, -0.15) is 0 Å². The number of carbonyl (C=O) groups excluding carboxylic acids is 3. The summed E-state index contributed by atoms with van der Waals surface area (Å²) in [5, 5.41) is 2.42. The Balaban J connectivity index is 3.44. The first-order chi connectivity index (χ1) is 12.3. The van der Waals surface area contributed by atoms with Crippen LogP contribution in [0, 0.1) is 0 Å². The normalized spacial score (nSPS) is 10.7. The monoisotopic (exact) mass is 367 g/mol. The topological polar surface area (TPSA) is 100 Å². The number of rotatable bonds is 9. The third-order valence-corrected chi connectivity index (χ3v) is 3.52. The van der Waals surface area contributed by atoms with Crippen LogP contribution in [-0.2, 0) is 30.3 Å². The fraction of sp³-hybridized carbons (Fsp3) is 0.500. The van der Waals surface area contributed by atoms with Crippen LogP contribution in [0.5, 0.6) is 11.5 Å². The average molecular weight is 367 g/mol. The predicted octanol–water partition coefficient (Wildman–Crippen LogP) is 1.25. The molecule has 0 atom stereocenters. The first-order valence-corrected chi connectivity index (χ1v) is 8.18. The van der Waals surface area contributed by atoms with Crippen molar-refractivity contribution in [3.8, 4) is 11.5 Å². The molecule has 0 radical (unpaired) electrons. The number of carbonyl (C=O) groups is 3. The van der Waals surface area contributed by atoms with Crippen molar-refractivity contribution in [2.45, 2.75) is 32.7 Å². The fourth-order valence-electron chi connectivity index (χ4n) is 2.46. The van der Waals surface area contributed by atoms with E-state index in [2.05, 4.69) is 5.32 Å². The number of nitrogens with one attached hydrogen (secondary N) is 1. The fourth-order valence-corrected chi connectivity index (χ4v) is 2.46. The molecule has 1 aromatic rings. The molecule has 1 aromatic carbocycles. The van der Waals surface area contributed by atoms with E-state index in [1.165, 1.54) is 21.1 Å². The second kappa shape index (κ2) is 9.65. The molecule has 0 aromatic heterocycles. The SMILES string of the molecule is CCOC(=O)C(Cc1cc(OC)cc(OC)c1)(NC(C)=O)C(=O)OCC. The molecular formula is C18H25NO7. The maximum absolute atomic E-state index is 12.6. The van der Waals surface area contributed by atoms with E-state index >= 15 is 0 Å². The summed E-state index contributed by atoms with van der Waals surface area (Å²) in [7, 11) is 2.96. The summed E-state index contributed by atoms with van der Waals surface area (Å²) in [6.07, 6.45) is -0.183. The second-order valence-corrected chi connectivity index (χ2v) is 5.43. The lowest BCUT2D eigenvalue weighted by atomic mass is 9.90. The summed E-state index contributed by atoms with van der Waals surface area (Å²) >= 11 is 0. The second-order valence-electron chi connectivity index (χ2n) is 5.43. The van der Waals surface area contributed by atoms with E-state index in [0.29, 0.717) is 17.1 Å². The lowest BCUT2D eigenvalue weighted by Gasteiger charge is -2.30. The number of ether oxygens (including phenoxy) is 4. The van der Waals surface area contributed by atoms with Gasteiger partial charge in [-0.15, -0.1) is 0 Å². The molecule has 1 N–H and O–H groups in total. The molecule has 0 saturated heterocycles. The molecule has 0 heterocycles. The molecule has 8 nitrogen and oxygen atoms in total. The summed E-state index contributed by atoms with van der Waals surface area (Å²) < 4.78 is 20.5. The Hall–Kier alpha value is -2.77. The van der Waals surface area contributed by atoms with Gasteiger partial charge < -0.3 is 24.3 Å². The standard InChI is InChI=1S/C18H25NO7/c1-6-25-16(21)18(19-12(3)20,17(22)26-7-2)11-13-8-14(23-4)10-15(9-13)24-5/h8-10H,6-7,11H2,1-5H3,(H,19,20). The Morgan fingerprint density at radius 2 is 1.38 bits per heavy atom. The van der Waals surface area contributed by atoms with Crippen molar-refractivity contribution >= 4 is 17.8 Å². The summed E-state index contributed by atoms with van der Waals surface area (Å²) in [4.78, 5) is 37.0. The highest BCUT2D eigenvalue weighted by Gasteiger charge is 2.50. The Morgan fingerprint density at radius 3 is 1.73 bits per heavy atom. The summed E-state index contributed by atoms with van der Waals surface area (Å²) in [5.74, 6) is -1.40. The van der Waals surface area contributed by atoms with Crippen molar-refractivity contribution in [1.29, 1.82) is 0 Å². The molecule has 0 aliphatic rings. The zero-order chi connectivity index (χ0) is 19.7. The van der Waals surface area contributed by atoms with Crippen LogP contribution in [0.4, 0.5) is 0 Å². The molecule has 0 bridgehead atoms. The highest BCUT2D eigenvalue weighted by molar-refractivity contribution is 6.08. The summed E-state index contributed by atoms with van der Waals surface area (Å²) in [5.41, 5.74) is -1.48. The van der Waals surface area contributed by atoms with Crippen molar-refractivity contribution in [1.82, 2.24) is 5.32 Å². The van der Waals surface area contributed by atoms with Crippen LogP contribution < -0.4 is 14.8 Å². The van der Waals surface area contributed by atoms with E-state index in [1.54, 1.807) is 32.0 Å². The number of hydrogen-bond donors (Lipinski definition) is 1. The van der Waals surface area contributed by atoms with Gasteiger partial charge in [-0.1, -0.05) is 0 Å². The number of esters is 2. The molecule has 26 heavy (non-hydrogen) atoms. The minimum atomic E-state index is -2.00. The maximum atomic E-state index is 12.6. The first-order valence-electron chi connectivity index (χ1n) is 8.18. The summed E-state index contributed by atoms with van der Waals surface area (Å²) in [6, 6.07) is 4.92. The van der Waals surface area contributed by atoms with Gasteiger partial charge in [-0.25, -0.2) is 9.59 Å². The molecule has 144 valence electrons. The van der Waals surface area contributed by atoms with Gasteiger partial charge in [0.15, 0.2) is 0 Å². The first kappa shape index (κ1) is 21.3. The molecular weight excluding hydrogens is 342 g/mol. The van der Waals surface area contributed by atoms with Crippen LogP contribution in [0.1, 0.15) is 26.3 Å². The van der Waals surface area contributed by atoms with Crippen molar-refractivity contribution in [3.63, 3.8) is 0 Å². The van der Waals surface area contributed by atoms with Gasteiger partial charge in [-0.05, 0) is 31.5 Å². The van der Waals surface area contributed by atoms with Crippen LogP contribution in [0.3, 0.4) is 0 Å². The van der Waals surface area contributed by atoms with Gasteiger partial charge in [0.05, 0.1) is 27.4 Å². The quantitative estimate of drug-likeness (QED) is 0.518. The maximum Gasteiger partial charge on any atom is 0.344 e. The van der Waals surface area contributed by atoms with E-state index in [-0.39, 0.29) is 19.6 Å². The van der Waals surface area contributed by atoms with Gasteiger partial charge in [0, 0.05) is 19.4 Å². The minimum absolute atomic E-state index is 0.0427. The van der Waals surface area contributed by atoms with Crippen molar-refractivity contribution < 1.29 is 33.3 Å². The summed E-state index contributed by atoms with van der Waals surface area (Å²) in [6.45, 7) is 4.51. The molecule has 1 amide bonds. The van der Waals surface area contributed by atoms with Crippen LogP contribution in [0.2, 0.25) is 0 Å². The smallest absolute Gasteiger partial charge is 0.344 e. The van der Waals surface area contributed by atoms with Gasteiger partial charge in [-0.3, -0.25) is 4.79 Å². The van der Waals surface area contributed by atoms with Crippen molar-refractivity contribution in [2.75, 3.05) is 27.4 Å². The highest BCUT2D eigenvalue weighted by Crippen LogP contribution is 2.27. The van der Waals surface area contributed by atoms with Crippen LogP contribution in [0.25, 0.3) is 0 Å². The molecule has 0 fully saturated rings. The number of hydrogen-bond acceptors (Lipinski definition) is 7. The van der Waals surface area contributed by atoms with Crippen LogP contribution in [0.15, 0.2) is 18.2 Å². The van der Waals surface area contributed by atoms with Gasteiger partial charge in [0.25, 0.3) is 0 Å². The Morgan fingerprint density at radius 1 is 0.923 bits per heavy atom. The van der Waals surface area contributed by atoms with Gasteiger partial charge in [0.2, 0.25) is 11.4 Å². The average Bonchev–Trinajstić information content (AvgIpc) is 2.60. The van der Waals surface area contributed by atoms with E-state index in [9.17, 15) is 14.4 Å². The van der Waals surface area contributed by atoms with E-state index in [4.69, 9.17) is 18.9 Å². The number of amides is 1. The lowest BCUT2D eigenvalue weighted by molar-refractivity contribution is -0.168. The largest absolute Gasteiger partial charge is 0.497 e. The Bertz CT molecular complexity index is 617. The lowest BCUT2D eigenvalue weighted by Crippen LogP contribution is -2.62. The third kappa shape index (κ3) is 5.11. The molecule has 0 saturated carbocycles. The van der Waals surface area contributed by atoms with E-state index < -0.39 is 23.4 Å². The number of methoxy groups -OCH3 is 2. The van der Waals surface area contributed by atoms with Gasteiger partial charge in [0.1, 0.15) is 11.5 Å². The van der Waals surface area contributed by atoms with Crippen LogP contribution in [-0.4, -0.2) is 50.8 Å². The zero-order valence-corrected chi connectivity index (χ0v) is 15.7. The van der Waals surface area contributed by atoms with Crippen molar-refractivity contribution in [3.05, 3.63) is 23.8 Å². The third-order valence-electron chi connectivity index (χ3n) is 3.52. The van der Waals surface area contributed by atoms with Crippen molar-refractivity contribution in [2.24, 2.45) is 0 Å². The van der Waals surface area contributed by atoms with E-state index in [1.807, 2.05) is 0 Å². The molecule has 0 spiro atoms. The molecule has 0 aliphatic carbocycles. The predicted molar refractivity (Wildman–Crippen MR) is 93.1 cm³/mol. The molecule has 0 unspecified atom stereocenters. The molecule has 8 heteroatoms. The van der Waals surface area contributed by atoms with E-state index in [0.717, 1.165) is 0 Å². The Kier molecular flexibility index (Phi) is 7.89. The minimum Gasteiger partial charge on any atom is -0.497 e. The highest BCUT2D eigenvalue weighted by atomic mass is 16.6.